The van der Waals surface area contributed by atoms with Gasteiger partial charge in [-0.05, 0) is 51.0 Å². The topological polar surface area (TPSA) is 71.5 Å². The Hall–Kier alpha value is -2.41. The molecule has 2 aliphatic rings. The molecule has 0 spiro atoms. The summed E-state index contributed by atoms with van der Waals surface area (Å²) in [7, 11) is 0. The lowest BCUT2D eigenvalue weighted by molar-refractivity contribution is 0.344. The summed E-state index contributed by atoms with van der Waals surface area (Å²) in [5.74, 6) is 5.19. The van der Waals surface area contributed by atoms with Crippen molar-refractivity contribution in [2.24, 2.45) is 5.92 Å². The number of furan rings is 1. The standard InChI is InChI=1S/C19H24N6O/c1-12-3-6-16(26-12)13(2)20-9-14-10-24(11-14)18-8-7-17-21-22-19(15-4-5-15)25(17)23-18/h3,6-8,13-15,20H,4-5,9-11H2,1-2H3. The Kier molecular flexibility index (Phi) is 3.70. The van der Waals surface area contributed by atoms with E-state index in [-0.39, 0.29) is 6.04 Å². The van der Waals surface area contributed by atoms with Gasteiger partial charge in [-0.3, -0.25) is 0 Å². The molecule has 3 aromatic heterocycles. The second kappa shape index (κ2) is 6.09. The van der Waals surface area contributed by atoms with Crippen LogP contribution in [0.2, 0.25) is 0 Å². The van der Waals surface area contributed by atoms with Crippen LogP contribution in [-0.2, 0) is 0 Å². The molecule has 1 unspecified atom stereocenters. The number of fused-ring (bicyclic) bond motifs is 1. The summed E-state index contributed by atoms with van der Waals surface area (Å²) in [6, 6.07) is 8.38. The van der Waals surface area contributed by atoms with Gasteiger partial charge in [0.25, 0.3) is 0 Å². The largest absolute Gasteiger partial charge is 0.465 e. The van der Waals surface area contributed by atoms with E-state index in [1.807, 2.05) is 23.6 Å². The summed E-state index contributed by atoms with van der Waals surface area (Å²) in [6.07, 6.45) is 2.41. The zero-order valence-corrected chi connectivity index (χ0v) is 15.2. The maximum atomic E-state index is 5.69. The molecule has 26 heavy (non-hydrogen) atoms. The van der Waals surface area contributed by atoms with Crippen LogP contribution in [0.3, 0.4) is 0 Å². The average Bonchev–Trinajstić information content (AvgIpc) is 3.21. The van der Waals surface area contributed by atoms with E-state index in [0.717, 1.165) is 48.4 Å². The summed E-state index contributed by atoms with van der Waals surface area (Å²) in [6.45, 7) is 7.16. The Morgan fingerprint density at radius 1 is 1.19 bits per heavy atom. The molecule has 7 heteroatoms. The van der Waals surface area contributed by atoms with Crippen molar-refractivity contribution in [2.75, 3.05) is 24.5 Å². The van der Waals surface area contributed by atoms with Gasteiger partial charge in [0.2, 0.25) is 0 Å². The highest BCUT2D eigenvalue weighted by molar-refractivity contribution is 5.47. The van der Waals surface area contributed by atoms with Crippen LogP contribution in [0.1, 0.15) is 49.1 Å². The zero-order chi connectivity index (χ0) is 17.7. The van der Waals surface area contributed by atoms with E-state index >= 15 is 0 Å². The quantitative estimate of drug-likeness (QED) is 0.735. The summed E-state index contributed by atoms with van der Waals surface area (Å²) in [5.41, 5.74) is 0.844. The molecule has 1 saturated heterocycles. The minimum Gasteiger partial charge on any atom is -0.465 e. The van der Waals surface area contributed by atoms with Gasteiger partial charge in [0.1, 0.15) is 17.3 Å². The average molecular weight is 352 g/mol. The van der Waals surface area contributed by atoms with E-state index in [9.17, 15) is 0 Å². The van der Waals surface area contributed by atoms with Crippen molar-refractivity contribution in [2.45, 2.75) is 38.6 Å². The Morgan fingerprint density at radius 3 is 2.77 bits per heavy atom. The highest BCUT2D eigenvalue weighted by atomic mass is 16.3. The van der Waals surface area contributed by atoms with Crippen molar-refractivity contribution in [3.05, 3.63) is 41.6 Å². The van der Waals surface area contributed by atoms with E-state index in [1.54, 1.807) is 0 Å². The maximum absolute atomic E-state index is 5.69. The molecule has 0 aromatic carbocycles. The number of aryl methyl sites for hydroxylation is 1. The summed E-state index contributed by atoms with van der Waals surface area (Å²) < 4.78 is 7.62. The van der Waals surface area contributed by atoms with E-state index in [2.05, 4.69) is 39.5 Å². The molecule has 2 fully saturated rings. The molecule has 3 aromatic rings. The van der Waals surface area contributed by atoms with Gasteiger partial charge < -0.3 is 14.6 Å². The van der Waals surface area contributed by atoms with Crippen molar-refractivity contribution in [3.63, 3.8) is 0 Å². The summed E-state index contributed by atoms with van der Waals surface area (Å²) >= 11 is 0. The lowest BCUT2D eigenvalue weighted by atomic mass is 10.00. The van der Waals surface area contributed by atoms with Crippen molar-refractivity contribution < 1.29 is 4.42 Å². The minimum atomic E-state index is 0.241. The second-order valence-corrected chi connectivity index (χ2v) is 7.64. The number of hydrogen-bond acceptors (Lipinski definition) is 6. The van der Waals surface area contributed by atoms with E-state index in [4.69, 9.17) is 9.52 Å². The molecular weight excluding hydrogens is 328 g/mol. The van der Waals surface area contributed by atoms with Crippen LogP contribution in [0.15, 0.2) is 28.7 Å². The number of anilines is 1. The van der Waals surface area contributed by atoms with Gasteiger partial charge in [0, 0.05) is 31.5 Å². The van der Waals surface area contributed by atoms with Gasteiger partial charge in [-0.2, -0.15) is 4.52 Å². The van der Waals surface area contributed by atoms with Gasteiger partial charge in [0.15, 0.2) is 11.5 Å². The molecule has 1 N–H and O–H groups in total. The Balaban J connectivity index is 1.19. The van der Waals surface area contributed by atoms with E-state index in [1.165, 1.54) is 12.8 Å². The van der Waals surface area contributed by atoms with Gasteiger partial charge in [-0.25, -0.2) is 0 Å². The first-order valence-corrected chi connectivity index (χ1v) is 9.44. The maximum Gasteiger partial charge on any atom is 0.178 e. The van der Waals surface area contributed by atoms with Crippen molar-refractivity contribution in [1.82, 2.24) is 25.1 Å². The number of nitrogens with one attached hydrogen (secondary N) is 1. The highest BCUT2D eigenvalue weighted by Crippen LogP contribution is 2.38. The normalized spacial score (nSPS) is 19.1. The fourth-order valence-corrected chi connectivity index (χ4v) is 3.58. The predicted octanol–water partition coefficient (Wildman–Crippen LogP) is 2.69. The first-order valence-electron chi connectivity index (χ1n) is 9.44. The van der Waals surface area contributed by atoms with Crippen molar-refractivity contribution >= 4 is 11.5 Å². The van der Waals surface area contributed by atoms with Gasteiger partial charge in [-0.1, -0.05) is 0 Å². The second-order valence-electron chi connectivity index (χ2n) is 7.64. The smallest absolute Gasteiger partial charge is 0.178 e. The number of hydrogen-bond donors (Lipinski definition) is 1. The third-order valence-corrected chi connectivity index (χ3v) is 5.40. The number of aromatic nitrogens is 4. The van der Waals surface area contributed by atoms with Crippen molar-refractivity contribution in [1.29, 1.82) is 0 Å². The van der Waals surface area contributed by atoms with Crippen molar-refractivity contribution in [3.8, 4) is 0 Å². The molecule has 0 radical (unpaired) electrons. The molecule has 136 valence electrons. The third-order valence-electron chi connectivity index (χ3n) is 5.40. The fourth-order valence-electron chi connectivity index (χ4n) is 3.58. The molecule has 0 amide bonds. The fraction of sp³-hybridized carbons (Fsp3) is 0.526. The highest BCUT2D eigenvalue weighted by Gasteiger charge is 2.31. The van der Waals surface area contributed by atoms with Gasteiger partial charge >= 0.3 is 0 Å². The molecule has 1 atom stereocenters. The number of nitrogens with zero attached hydrogens (tertiary/aromatic N) is 5. The van der Waals surface area contributed by atoms with Crippen LogP contribution < -0.4 is 10.2 Å². The molecule has 7 nitrogen and oxygen atoms in total. The number of rotatable bonds is 6. The lowest BCUT2D eigenvalue weighted by Gasteiger charge is -2.40. The van der Waals surface area contributed by atoms with Gasteiger partial charge in [-0.15, -0.1) is 15.3 Å². The Bertz CT molecular complexity index is 921. The first-order chi connectivity index (χ1) is 12.7. The van der Waals surface area contributed by atoms with E-state index in [0.29, 0.717) is 11.8 Å². The van der Waals surface area contributed by atoms with Crippen LogP contribution in [0.25, 0.3) is 5.65 Å². The molecule has 1 aliphatic heterocycles. The SMILES string of the molecule is Cc1ccc(C(C)NCC2CN(c3ccc4nnc(C5CC5)n4n3)C2)o1. The van der Waals surface area contributed by atoms with Crippen LogP contribution in [-0.4, -0.2) is 39.4 Å². The van der Waals surface area contributed by atoms with Crippen LogP contribution in [0, 0.1) is 12.8 Å². The third kappa shape index (κ3) is 2.86. The summed E-state index contributed by atoms with van der Waals surface area (Å²) in [5, 5.41) is 16.9. The minimum absolute atomic E-state index is 0.241. The first kappa shape index (κ1) is 15.8. The van der Waals surface area contributed by atoms with Crippen LogP contribution in [0.4, 0.5) is 5.82 Å². The molecule has 1 aliphatic carbocycles. The Labute approximate surface area is 152 Å². The zero-order valence-electron chi connectivity index (χ0n) is 15.2. The molecule has 4 heterocycles. The monoisotopic (exact) mass is 352 g/mol. The van der Waals surface area contributed by atoms with E-state index < -0.39 is 0 Å². The van der Waals surface area contributed by atoms with Gasteiger partial charge in [0.05, 0.1) is 6.04 Å². The Morgan fingerprint density at radius 2 is 2.04 bits per heavy atom. The molecule has 5 rings (SSSR count). The van der Waals surface area contributed by atoms with Crippen LogP contribution in [0.5, 0.6) is 0 Å². The molecule has 1 saturated carbocycles. The summed E-state index contributed by atoms with van der Waals surface area (Å²) in [4.78, 5) is 2.32. The lowest BCUT2D eigenvalue weighted by Crippen LogP contribution is -2.51. The predicted molar refractivity (Wildman–Crippen MR) is 98.3 cm³/mol. The molecule has 0 bridgehead atoms. The van der Waals surface area contributed by atoms with Crippen LogP contribution >= 0.6 is 0 Å². The molecular formula is C19H24N6O.